The van der Waals surface area contributed by atoms with Crippen molar-refractivity contribution in [1.29, 1.82) is 0 Å². The average Bonchev–Trinajstić information content (AvgIpc) is 2.75. The predicted octanol–water partition coefficient (Wildman–Crippen LogP) is 4.47. The van der Waals surface area contributed by atoms with Gasteiger partial charge in [-0.3, -0.25) is 14.3 Å². The Bertz CT molecular complexity index is 1290. The summed E-state index contributed by atoms with van der Waals surface area (Å²) in [7, 11) is -2.32. The molecule has 0 atom stereocenters. The van der Waals surface area contributed by atoms with Gasteiger partial charge in [0.25, 0.3) is 15.9 Å². The molecule has 3 aromatic carbocycles. The van der Waals surface area contributed by atoms with Crippen molar-refractivity contribution in [2.24, 2.45) is 0 Å². The lowest BCUT2D eigenvalue weighted by Crippen LogP contribution is -2.34. The number of carbonyl (C=O) groups is 2. The van der Waals surface area contributed by atoms with E-state index in [9.17, 15) is 18.0 Å². The number of anilines is 2. The van der Waals surface area contributed by atoms with Crippen LogP contribution in [0.3, 0.4) is 0 Å². The van der Waals surface area contributed by atoms with E-state index in [1.54, 1.807) is 36.4 Å². The molecule has 0 aliphatic carbocycles. The molecule has 0 saturated carbocycles. The second-order valence-electron chi connectivity index (χ2n) is 7.65. The molecule has 3 rings (SSSR count). The summed E-state index contributed by atoms with van der Waals surface area (Å²) in [5.41, 5.74) is 3.28. The summed E-state index contributed by atoms with van der Waals surface area (Å²) in [5, 5.41) is 3.16. The summed E-state index contributed by atoms with van der Waals surface area (Å²) in [6.07, 6.45) is 0. The highest BCUT2D eigenvalue weighted by Gasteiger charge is 2.18. The van der Waals surface area contributed by atoms with E-state index >= 15 is 0 Å². The van der Waals surface area contributed by atoms with E-state index in [1.807, 2.05) is 19.9 Å². The van der Waals surface area contributed by atoms with Gasteiger partial charge in [0.15, 0.2) is 0 Å². The molecule has 0 unspecified atom stereocenters. The van der Waals surface area contributed by atoms with Crippen LogP contribution in [-0.2, 0) is 14.8 Å². The average molecular weight is 486 g/mol. The van der Waals surface area contributed by atoms with Crippen molar-refractivity contribution in [3.05, 3.63) is 88.4 Å². The molecule has 0 bridgehead atoms. The van der Waals surface area contributed by atoms with Crippen molar-refractivity contribution in [2.45, 2.75) is 18.7 Å². The van der Waals surface area contributed by atoms with Crippen molar-refractivity contribution >= 4 is 44.8 Å². The first-order valence-electron chi connectivity index (χ1n) is 10.1. The number of carbonyl (C=O) groups excluding carboxylic acids is 2. The van der Waals surface area contributed by atoms with Crippen LogP contribution in [0.25, 0.3) is 0 Å². The SMILES string of the molecule is Cc1ccc(NS(=O)(=O)c2ccc(C(=O)N(C)CC(=O)Nc3cccc(Cl)c3)cc2)cc1C. The number of nitrogens with zero attached hydrogens (tertiary/aromatic N) is 1. The van der Waals surface area contributed by atoms with Crippen LogP contribution in [0.4, 0.5) is 11.4 Å². The van der Waals surface area contributed by atoms with E-state index in [2.05, 4.69) is 10.0 Å². The van der Waals surface area contributed by atoms with E-state index < -0.39 is 15.9 Å². The fourth-order valence-corrected chi connectivity index (χ4v) is 4.31. The van der Waals surface area contributed by atoms with Crippen LogP contribution in [0.2, 0.25) is 5.02 Å². The summed E-state index contributed by atoms with van der Waals surface area (Å²) in [5.74, 6) is -0.799. The van der Waals surface area contributed by atoms with Gasteiger partial charge < -0.3 is 10.2 Å². The maximum absolute atomic E-state index is 12.7. The van der Waals surface area contributed by atoms with Gasteiger partial charge in [-0.05, 0) is 79.6 Å². The Balaban J connectivity index is 1.64. The molecule has 172 valence electrons. The molecular weight excluding hydrogens is 462 g/mol. The molecule has 3 aromatic rings. The molecule has 0 fully saturated rings. The van der Waals surface area contributed by atoms with Gasteiger partial charge in [-0.2, -0.15) is 0 Å². The number of benzene rings is 3. The zero-order chi connectivity index (χ0) is 24.2. The first-order chi connectivity index (χ1) is 15.5. The highest BCUT2D eigenvalue weighted by molar-refractivity contribution is 7.92. The van der Waals surface area contributed by atoms with Gasteiger partial charge in [0.05, 0.1) is 11.4 Å². The van der Waals surface area contributed by atoms with E-state index in [4.69, 9.17) is 11.6 Å². The lowest BCUT2D eigenvalue weighted by molar-refractivity contribution is -0.116. The minimum absolute atomic E-state index is 0.0265. The number of aryl methyl sites for hydroxylation is 2. The number of nitrogens with one attached hydrogen (secondary N) is 2. The molecule has 7 nitrogen and oxygen atoms in total. The quantitative estimate of drug-likeness (QED) is 0.516. The number of rotatable bonds is 7. The van der Waals surface area contributed by atoms with Crippen LogP contribution in [0.1, 0.15) is 21.5 Å². The van der Waals surface area contributed by atoms with E-state index in [0.717, 1.165) is 11.1 Å². The minimum atomic E-state index is -3.81. The first kappa shape index (κ1) is 24.3. The summed E-state index contributed by atoms with van der Waals surface area (Å²) >= 11 is 5.90. The van der Waals surface area contributed by atoms with E-state index in [1.165, 1.54) is 36.2 Å². The Morgan fingerprint density at radius 1 is 0.909 bits per heavy atom. The van der Waals surface area contributed by atoms with Crippen LogP contribution in [-0.4, -0.2) is 38.7 Å². The normalized spacial score (nSPS) is 11.0. The predicted molar refractivity (Wildman–Crippen MR) is 130 cm³/mol. The monoisotopic (exact) mass is 485 g/mol. The zero-order valence-electron chi connectivity index (χ0n) is 18.4. The van der Waals surface area contributed by atoms with Crippen LogP contribution in [0.15, 0.2) is 71.6 Å². The molecule has 2 amide bonds. The summed E-state index contributed by atoms with van der Waals surface area (Å²) in [6.45, 7) is 3.67. The third-order valence-electron chi connectivity index (χ3n) is 5.01. The van der Waals surface area contributed by atoms with Crippen LogP contribution in [0, 0.1) is 13.8 Å². The van der Waals surface area contributed by atoms with Crippen LogP contribution >= 0.6 is 11.6 Å². The molecule has 9 heteroatoms. The van der Waals surface area contributed by atoms with E-state index in [-0.39, 0.29) is 22.9 Å². The highest BCUT2D eigenvalue weighted by atomic mass is 35.5. The van der Waals surface area contributed by atoms with Crippen molar-refractivity contribution in [3.8, 4) is 0 Å². The molecular formula is C24H24ClN3O4S. The van der Waals surface area contributed by atoms with Gasteiger partial charge in [0.1, 0.15) is 0 Å². The fraction of sp³-hybridized carbons (Fsp3) is 0.167. The minimum Gasteiger partial charge on any atom is -0.332 e. The Labute approximate surface area is 198 Å². The maximum atomic E-state index is 12.7. The topological polar surface area (TPSA) is 95.6 Å². The number of likely N-dealkylation sites (N-methyl/N-ethyl adjacent to an activating group) is 1. The summed E-state index contributed by atoms with van der Waals surface area (Å²) in [4.78, 5) is 26.2. The molecule has 0 spiro atoms. The fourth-order valence-electron chi connectivity index (χ4n) is 3.07. The van der Waals surface area contributed by atoms with E-state index in [0.29, 0.717) is 16.4 Å². The smallest absolute Gasteiger partial charge is 0.261 e. The zero-order valence-corrected chi connectivity index (χ0v) is 20.0. The molecule has 2 N–H and O–H groups in total. The molecule has 0 radical (unpaired) electrons. The number of amides is 2. The Morgan fingerprint density at radius 3 is 2.24 bits per heavy atom. The highest BCUT2D eigenvalue weighted by Crippen LogP contribution is 2.20. The lowest BCUT2D eigenvalue weighted by atomic mass is 10.1. The second kappa shape index (κ2) is 10.1. The van der Waals surface area contributed by atoms with Crippen LogP contribution < -0.4 is 10.0 Å². The number of sulfonamides is 1. The molecule has 0 heterocycles. The number of hydrogen-bond donors (Lipinski definition) is 2. The summed E-state index contributed by atoms with van der Waals surface area (Å²) in [6, 6.07) is 17.5. The van der Waals surface area contributed by atoms with Gasteiger partial charge in [-0.1, -0.05) is 23.7 Å². The molecule has 33 heavy (non-hydrogen) atoms. The Kier molecular flexibility index (Phi) is 7.40. The summed E-state index contributed by atoms with van der Waals surface area (Å²) < 4.78 is 27.9. The number of halogens is 1. The van der Waals surface area contributed by atoms with Crippen LogP contribution in [0.5, 0.6) is 0 Å². The first-order valence-corrected chi connectivity index (χ1v) is 11.9. The Morgan fingerprint density at radius 2 is 1.61 bits per heavy atom. The maximum Gasteiger partial charge on any atom is 0.261 e. The largest absolute Gasteiger partial charge is 0.332 e. The second-order valence-corrected chi connectivity index (χ2v) is 9.77. The van der Waals surface area contributed by atoms with Crippen molar-refractivity contribution in [3.63, 3.8) is 0 Å². The molecule has 0 aliphatic rings. The van der Waals surface area contributed by atoms with Crippen molar-refractivity contribution < 1.29 is 18.0 Å². The van der Waals surface area contributed by atoms with Crippen molar-refractivity contribution in [2.75, 3.05) is 23.6 Å². The third kappa shape index (κ3) is 6.34. The molecule has 0 saturated heterocycles. The molecule has 0 aromatic heterocycles. The Hall–Kier alpha value is -3.36. The van der Waals surface area contributed by atoms with Crippen molar-refractivity contribution in [1.82, 2.24) is 4.90 Å². The van der Waals surface area contributed by atoms with Gasteiger partial charge in [0, 0.05) is 29.0 Å². The van der Waals surface area contributed by atoms with Gasteiger partial charge in [0.2, 0.25) is 5.91 Å². The van der Waals surface area contributed by atoms with Gasteiger partial charge >= 0.3 is 0 Å². The van der Waals surface area contributed by atoms with Gasteiger partial charge in [-0.25, -0.2) is 8.42 Å². The third-order valence-corrected chi connectivity index (χ3v) is 6.64. The standard InChI is InChI=1S/C24H24ClN3O4S/c1-16-7-10-21(13-17(16)2)27-33(31,32)22-11-8-18(9-12-22)24(30)28(3)15-23(29)26-20-6-4-5-19(25)14-20/h4-14,27H,15H2,1-3H3,(H,26,29). The van der Waals surface area contributed by atoms with Gasteiger partial charge in [-0.15, -0.1) is 0 Å². The molecule has 0 aliphatic heterocycles. The lowest BCUT2D eigenvalue weighted by Gasteiger charge is -2.17. The number of hydrogen-bond acceptors (Lipinski definition) is 4.